The summed E-state index contributed by atoms with van der Waals surface area (Å²) in [5.41, 5.74) is 1.23. The number of hydrogen-bond acceptors (Lipinski definition) is 2. The van der Waals surface area contributed by atoms with E-state index in [-0.39, 0.29) is 5.91 Å². The lowest BCUT2D eigenvalue weighted by molar-refractivity contribution is -0.136. The van der Waals surface area contributed by atoms with Crippen LogP contribution in [0.25, 0.3) is 0 Å². The Balaban J connectivity index is 2.44. The van der Waals surface area contributed by atoms with Crippen molar-refractivity contribution in [1.82, 2.24) is 4.90 Å². The van der Waals surface area contributed by atoms with Gasteiger partial charge in [0.15, 0.2) is 0 Å². The molecule has 0 aliphatic rings. The number of carbonyl (C=O) groups excluding carboxylic acids is 2. The molecule has 0 aliphatic heterocycles. The van der Waals surface area contributed by atoms with Crippen molar-refractivity contribution in [3.8, 4) is 0 Å². The third-order valence-corrected chi connectivity index (χ3v) is 2.71. The Bertz CT molecular complexity index is 348. The van der Waals surface area contributed by atoms with Gasteiger partial charge in [-0.25, -0.2) is 0 Å². The minimum Gasteiger partial charge on any atom is -0.288 e. The number of carbonyl (C=O) groups is 2. The van der Waals surface area contributed by atoms with Crippen molar-refractivity contribution < 1.29 is 9.59 Å². The molecule has 16 heavy (non-hydrogen) atoms. The van der Waals surface area contributed by atoms with Gasteiger partial charge in [0, 0.05) is 13.5 Å². The molecule has 86 valence electrons. The van der Waals surface area contributed by atoms with E-state index in [0.29, 0.717) is 18.7 Å². The van der Waals surface area contributed by atoms with Crippen molar-refractivity contribution in [2.24, 2.45) is 0 Å². The molecule has 0 saturated carbocycles. The molecule has 0 fully saturated rings. The molecule has 1 aromatic carbocycles. The maximum absolute atomic E-state index is 11.4. The largest absolute Gasteiger partial charge is 0.288 e. The van der Waals surface area contributed by atoms with E-state index < -0.39 is 0 Å². The maximum Gasteiger partial charge on any atom is 0.228 e. The second-order valence-electron chi connectivity index (χ2n) is 3.96. The van der Waals surface area contributed by atoms with Crippen LogP contribution in [0.5, 0.6) is 0 Å². The zero-order valence-electron chi connectivity index (χ0n) is 9.72. The molecule has 0 N–H and O–H groups in total. The topological polar surface area (TPSA) is 37.4 Å². The third-order valence-electron chi connectivity index (χ3n) is 2.71. The second-order valence-corrected chi connectivity index (χ2v) is 3.96. The Morgan fingerprint density at radius 1 is 1.38 bits per heavy atom. The van der Waals surface area contributed by atoms with Gasteiger partial charge in [0.05, 0.1) is 0 Å². The zero-order chi connectivity index (χ0) is 12.0. The van der Waals surface area contributed by atoms with Crippen LogP contribution in [0.3, 0.4) is 0 Å². The van der Waals surface area contributed by atoms with Gasteiger partial charge in [-0.05, 0) is 17.9 Å². The standard InChI is InChI=1S/C13H17NO2/c1-11(12-6-4-3-5-7-12)8-9-13(16)14(2)10-15/h3-7,10-11H,8-9H2,1-2H3. The van der Waals surface area contributed by atoms with Gasteiger partial charge in [0.2, 0.25) is 12.3 Å². The Morgan fingerprint density at radius 3 is 2.56 bits per heavy atom. The van der Waals surface area contributed by atoms with Gasteiger partial charge in [0.1, 0.15) is 0 Å². The molecule has 1 atom stereocenters. The first-order chi connectivity index (χ1) is 7.65. The van der Waals surface area contributed by atoms with Crippen LogP contribution in [0.2, 0.25) is 0 Å². The molecule has 0 aromatic heterocycles. The van der Waals surface area contributed by atoms with Gasteiger partial charge in [0.25, 0.3) is 0 Å². The highest BCUT2D eigenvalue weighted by Crippen LogP contribution is 2.20. The summed E-state index contributed by atoms with van der Waals surface area (Å²) in [5.74, 6) is 0.211. The summed E-state index contributed by atoms with van der Waals surface area (Å²) in [5, 5.41) is 0. The normalized spacial score (nSPS) is 11.9. The fraction of sp³-hybridized carbons (Fsp3) is 0.385. The van der Waals surface area contributed by atoms with Gasteiger partial charge in [-0.1, -0.05) is 37.3 Å². The smallest absolute Gasteiger partial charge is 0.228 e. The summed E-state index contributed by atoms with van der Waals surface area (Å²) in [7, 11) is 1.49. The van der Waals surface area contributed by atoms with E-state index in [9.17, 15) is 9.59 Å². The molecule has 3 heteroatoms. The molecule has 0 spiro atoms. The summed E-state index contributed by atoms with van der Waals surface area (Å²) in [6, 6.07) is 10.1. The number of imide groups is 1. The average Bonchev–Trinajstić information content (AvgIpc) is 2.35. The van der Waals surface area contributed by atoms with Crippen LogP contribution in [0.1, 0.15) is 31.2 Å². The predicted molar refractivity (Wildman–Crippen MR) is 62.9 cm³/mol. The van der Waals surface area contributed by atoms with Gasteiger partial charge in [-0.15, -0.1) is 0 Å². The maximum atomic E-state index is 11.4. The first-order valence-electron chi connectivity index (χ1n) is 5.41. The Labute approximate surface area is 96.1 Å². The lowest BCUT2D eigenvalue weighted by atomic mass is 9.96. The summed E-state index contributed by atoms with van der Waals surface area (Å²) in [6.07, 6.45) is 1.72. The van der Waals surface area contributed by atoms with E-state index in [4.69, 9.17) is 0 Å². The van der Waals surface area contributed by atoms with Gasteiger partial charge >= 0.3 is 0 Å². The zero-order valence-corrected chi connectivity index (χ0v) is 9.72. The van der Waals surface area contributed by atoms with Crippen molar-refractivity contribution in [3.05, 3.63) is 35.9 Å². The first kappa shape index (κ1) is 12.4. The Morgan fingerprint density at radius 2 is 2.00 bits per heavy atom. The summed E-state index contributed by atoms with van der Waals surface area (Å²) < 4.78 is 0. The molecule has 2 amide bonds. The number of amides is 2. The minimum absolute atomic E-state index is 0.127. The molecule has 1 rings (SSSR count). The van der Waals surface area contributed by atoms with Crippen LogP contribution >= 0.6 is 0 Å². The van der Waals surface area contributed by atoms with Crippen LogP contribution in [-0.2, 0) is 9.59 Å². The van der Waals surface area contributed by atoms with Crippen molar-refractivity contribution in [3.63, 3.8) is 0 Å². The number of hydrogen-bond donors (Lipinski definition) is 0. The van der Waals surface area contributed by atoms with E-state index in [2.05, 4.69) is 19.1 Å². The predicted octanol–water partition coefficient (Wildman–Crippen LogP) is 2.19. The van der Waals surface area contributed by atoms with E-state index in [0.717, 1.165) is 11.3 Å². The van der Waals surface area contributed by atoms with Crippen LogP contribution < -0.4 is 0 Å². The molecule has 1 unspecified atom stereocenters. The number of rotatable bonds is 5. The van der Waals surface area contributed by atoms with Crippen molar-refractivity contribution in [1.29, 1.82) is 0 Å². The summed E-state index contributed by atoms with van der Waals surface area (Å²) in [6.45, 7) is 2.09. The van der Waals surface area contributed by atoms with E-state index >= 15 is 0 Å². The van der Waals surface area contributed by atoms with Gasteiger partial charge in [-0.3, -0.25) is 14.5 Å². The molecule has 0 aliphatic carbocycles. The van der Waals surface area contributed by atoms with Crippen molar-refractivity contribution in [2.75, 3.05) is 7.05 Å². The average molecular weight is 219 g/mol. The third kappa shape index (κ3) is 3.50. The molecule has 0 bridgehead atoms. The summed E-state index contributed by atoms with van der Waals surface area (Å²) in [4.78, 5) is 22.9. The van der Waals surface area contributed by atoms with Crippen LogP contribution in [0.15, 0.2) is 30.3 Å². The molecule has 1 aromatic rings. The van der Waals surface area contributed by atoms with Crippen LogP contribution in [0, 0.1) is 0 Å². The molecular weight excluding hydrogens is 202 g/mol. The van der Waals surface area contributed by atoms with Gasteiger partial charge in [-0.2, -0.15) is 0 Å². The highest BCUT2D eigenvalue weighted by molar-refractivity contribution is 5.85. The Hall–Kier alpha value is -1.64. The van der Waals surface area contributed by atoms with Crippen molar-refractivity contribution >= 4 is 12.3 Å². The first-order valence-corrected chi connectivity index (χ1v) is 5.41. The van der Waals surface area contributed by atoms with Crippen LogP contribution in [0.4, 0.5) is 0 Å². The molecule has 0 heterocycles. The van der Waals surface area contributed by atoms with E-state index in [1.807, 2.05) is 18.2 Å². The molecule has 0 radical (unpaired) electrons. The molecular formula is C13H17NO2. The number of benzene rings is 1. The number of nitrogens with zero attached hydrogens (tertiary/aromatic N) is 1. The highest BCUT2D eigenvalue weighted by Gasteiger charge is 2.11. The lowest BCUT2D eigenvalue weighted by Gasteiger charge is -2.13. The fourth-order valence-electron chi connectivity index (χ4n) is 1.52. The van der Waals surface area contributed by atoms with E-state index in [1.165, 1.54) is 12.6 Å². The van der Waals surface area contributed by atoms with Gasteiger partial charge < -0.3 is 0 Å². The van der Waals surface area contributed by atoms with Crippen molar-refractivity contribution in [2.45, 2.75) is 25.7 Å². The fourth-order valence-corrected chi connectivity index (χ4v) is 1.52. The lowest BCUT2D eigenvalue weighted by Crippen LogP contribution is -2.24. The minimum atomic E-state index is -0.127. The van der Waals surface area contributed by atoms with E-state index in [1.54, 1.807) is 0 Å². The Kier molecular flexibility index (Phi) is 4.70. The summed E-state index contributed by atoms with van der Waals surface area (Å²) >= 11 is 0. The quantitative estimate of drug-likeness (QED) is 0.712. The second kappa shape index (κ2) is 6.05. The van der Waals surface area contributed by atoms with Crippen LogP contribution in [-0.4, -0.2) is 24.3 Å². The molecule has 3 nitrogen and oxygen atoms in total. The SMILES string of the molecule is CC(CCC(=O)N(C)C=O)c1ccccc1. The highest BCUT2D eigenvalue weighted by atomic mass is 16.2. The monoisotopic (exact) mass is 219 g/mol. The molecule has 0 saturated heterocycles.